The minimum absolute atomic E-state index is 0.0568. The molecule has 2 aliphatic rings. The van der Waals surface area contributed by atoms with Crippen molar-refractivity contribution in [3.63, 3.8) is 0 Å². The first kappa shape index (κ1) is 18.2. The molecule has 0 atom stereocenters. The number of benzene rings is 1. The molecule has 156 valence electrons. The first-order valence-electron chi connectivity index (χ1n) is 10.5. The molecule has 3 aromatic heterocycles. The number of hydrogen-bond acceptors (Lipinski definition) is 7. The molecule has 9 heteroatoms. The van der Waals surface area contributed by atoms with Gasteiger partial charge in [0.1, 0.15) is 24.2 Å². The van der Waals surface area contributed by atoms with Crippen molar-refractivity contribution in [2.75, 3.05) is 17.3 Å². The highest BCUT2D eigenvalue weighted by Gasteiger charge is 2.54. The van der Waals surface area contributed by atoms with Crippen molar-refractivity contribution in [3.8, 4) is 0 Å². The predicted octanol–water partition coefficient (Wildman–Crippen LogP) is 2.79. The van der Waals surface area contributed by atoms with E-state index < -0.39 is 0 Å². The third kappa shape index (κ3) is 3.26. The number of hydrogen-bond donors (Lipinski definition) is 1. The van der Waals surface area contributed by atoms with Gasteiger partial charge in [-0.05, 0) is 49.3 Å². The normalized spacial score (nSPS) is 17.1. The van der Waals surface area contributed by atoms with Crippen molar-refractivity contribution in [2.24, 2.45) is 5.41 Å². The highest BCUT2D eigenvalue weighted by Crippen LogP contribution is 2.61. The summed E-state index contributed by atoms with van der Waals surface area (Å²) in [6, 6.07) is 6.06. The number of nitrogens with one attached hydrogen (secondary N) is 1. The van der Waals surface area contributed by atoms with Gasteiger partial charge in [-0.3, -0.25) is 4.79 Å². The number of carbonyl (C=O) groups excluding carboxylic acids is 1. The highest BCUT2D eigenvalue weighted by molar-refractivity contribution is 5.93. The highest BCUT2D eigenvalue weighted by atomic mass is 16.2. The minimum atomic E-state index is -0.184. The molecule has 3 heterocycles. The molecule has 31 heavy (non-hydrogen) atoms. The van der Waals surface area contributed by atoms with Gasteiger partial charge in [0.05, 0.1) is 17.9 Å². The summed E-state index contributed by atoms with van der Waals surface area (Å²) in [6.07, 6.45) is 11.9. The maximum Gasteiger partial charge on any atom is 0.246 e. The lowest BCUT2D eigenvalue weighted by Gasteiger charge is -2.42. The van der Waals surface area contributed by atoms with E-state index in [1.54, 1.807) is 23.3 Å². The molecule has 4 aromatic rings. The van der Waals surface area contributed by atoms with Crippen LogP contribution in [0.5, 0.6) is 0 Å². The molecule has 9 nitrogen and oxygen atoms in total. The molecule has 1 amide bonds. The SMILES string of the molecule is CN(c1cnc2cnn(CC(=O)Nc3ccc4ncncc4c3)c2n1)C1CC2(CC2)C1. The summed E-state index contributed by atoms with van der Waals surface area (Å²) in [4.78, 5) is 32.4. The molecule has 0 aliphatic heterocycles. The standard InChI is InChI=1S/C22H22N8O/c1-29(16-7-22(8-16)4-5-22)19-11-24-18-10-26-30(21(18)28-19)12-20(31)27-15-2-3-17-14(6-15)9-23-13-25-17/h2-3,6,9-11,13,16H,4-5,7-8,12H2,1H3,(H,27,31). The van der Waals surface area contributed by atoms with Crippen LogP contribution in [-0.4, -0.2) is 48.7 Å². The Morgan fingerprint density at radius 2 is 2.06 bits per heavy atom. The lowest BCUT2D eigenvalue weighted by Crippen LogP contribution is -2.44. The van der Waals surface area contributed by atoms with Gasteiger partial charge in [0.25, 0.3) is 0 Å². The van der Waals surface area contributed by atoms with Crippen LogP contribution in [0.15, 0.2) is 43.1 Å². The lowest BCUT2D eigenvalue weighted by molar-refractivity contribution is -0.116. The smallest absolute Gasteiger partial charge is 0.246 e. The van der Waals surface area contributed by atoms with Gasteiger partial charge in [0.2, 0.25) is 5.91 Å². The third-order valence-corrected chi connectivity index (χ3v) is 6.62. The van der Waals surface area contributed by atoms with Crippen LogP contribution in [0.1, 0.15) is 25.7 Å². The van der Waals surface area contributed by atoms with Gasteiger partial charge in [-0.1, -0.05) is 0 Å². The first-order valence-corrected chi connectivity index (χ1v) is 10.5. The van der Waals surface area contributed by atoms with E-state index in [9.17, 15) is 4.79 Å². The molecule has 0 bridgehead atoms. The Morgan fingerprint density at radius 3 is 2.90 bits per heavy atom. The van der Waals surface area contributed by atoms with Gasteiger partial charge in [0.15, 0.2) is 5.65 Å². The summed E-state index contributed by atoms with van der Waals surface area (Å²) in [5.74, 6) is 0.640. The van der Waals surface area contributed by atoms with Crippen LogP contribution in [0.25, 0.3) is 22.1 Å². The van der Waals surface area contributed by atoms with Crippen LogP contribution in [0.2, 0.25) is 0 Å². The Bertz CT molecular complexity index is 1300. The van der Waals surface area contributed by atoms with Crippen LogP contribution >= 0.6 is 0 Å². The van der Waals surface area contributed by atoms with E-state index >= 15 is 0 Å². The van der Waals surface area contributed by atoms with E-state index in [0.29, 0.717) is 28.3 Å². The van der Waals surface area contributed by atoms with Crippen LogP contribution < -0.4 is 10.2 Å². The molecule has 0 radical (unpaired) electrons. The minimum Gasteiger partial charge on any atom is -0.355 e. The quantitative estimate of drug-likeness (QED) is 0.536. The van der Waals surface area contributed by atoms with Gasteiger partial charge >= 0.3 is 0 Å². The Labute approximate surface area is 178 Å². The fourth-order valence-electron chi connectivity index (χ4n) is 4.51. The third-order valence-electron chi connectivity index (χ3n) is 6.62. The molecule has 1 aromatic carbocycles. The van der Waals surface area contributed by atoms with E-state index in [2.05, 4.69) is 37.3 Å². The van der Waals surface area contributed by atoms with E-state index in [-0.39, 0.29) is 12.5 Å². The maximum atomic E-state index is 12.7. The van der Waals surface area contributed by atoms with Gasteiger partial charge in [0, 0.05) is 30.4 Å². The van der Waals surface area contributed by atoms with E-state index in [4.69, 9.17) is 4.98 Å². The number of nitrogens with zero attached hydrogens (tertiary/aromatic N) is 7. The molecule has 1 spiro atoms. The van der Waals surface area contributed by atoms with Gasteiger partial charge in [-0.15, -0.1) is 0 Å². The van der Waals surface area contributed by atoms with E-state index in [1.165, 1.54) is 32.0 Å². The molecule has 0 unspecified atom stereocenters. The number of aromatic nitrogens is 6. The fraction of sp³-hybridized carbons (Fsp3) is 0.364. The van der Waals surface area contributed by atoms with Crippen molar-refractivity contribution in [1.29, 1.82) is 0 Å². The van der Waals surface area contributed by atoms with Crippen LogP contribution in [-0.2, 0) is 11.3 Å². The summed E-state index contributed by atoms with van der Waals surface area (Å²) in [6.45, 7) is 0.0568. The van der Waals surface area contributed by atoms with Crippen molar-refractivity contribution >= 4 is 39.5 Å². The molecule has 6 rings (SSSR count). The summed E-state index contributed by atoms with van der Waals surface area (Å²) < 4.78 is 1.60. The van der Waals surface area contributed by atoms with Gasteiger partial charge < -0.3 is 10.2 Å². The zero-order chi connectivity index (χ0) is 21.0. The second-order valence-electron chi connectivity index (χ2n) is 8.76. The summed E-state index contributed by atoms with van der Waals surface area (Å²) >= 11 is 0. The maximum absolute atomic E-state index is 12.7. The first-order chi connectivity index (χ1) is 15.1. The summed E-state index contributed by atoms with van der Waals surface area (Å²) in [5, 5.41) is 8.11. The van der Waals surface area contributed by atoms with Gasteiger partial charge in [-0.25, -0.2) is 24.6 Å². The Morgan fingerprint density at radius 1 is 1.19 bits per heavy atom. The fourth-order valence-corrected chi connectivity index (χ4v) is 4.51. The second-order valence-corrected chi connectivity index (χ2v) is 8.76. The summed E-state index contributed by atoms with van der Waals surface area (Å²) in [5.41, 5.74) is 3.45. The largest absolute Gasteiger partial charge is 0.355 e. The number of fused-ring (bicyclic) bond motifs is 2. The van der Waals surface area contributed by atoms with Crippen molar-refractivity contribution < 1.29 is 4.79 Å². The van der Waals surface area contributed by atoms with Crippen molar-refractivity contribution in [2.45, 2.75) is 38.3 Å². The molecular weight excluding hydrogens is 392 g/mol. The molecule has 2 fully saturated rings. The zero-order valence-electron chi connectivity index (χ0n) is 17.2. The Hall–Kier alpha value is -3.62. The Kier molecular flexibility index (Phi) is 3.92. The number of rotatable bonds is 5. The number of amides is 1. The molecule has 0 saturated heterocycles. The molecule has 1 N–H and O–H groups in total. The van der Waals surface area contributed by atoms with Crippen molar-refractivity contribution in [1.82, 2.24) is 29.7 Å². The monoisotopic (exact) mass is 414 g/mol. The van der Waals surface area contributed by atoms with Crippen LogP contribution in [0.3, 0.4) is 0 Å². The van der Waals surface area contributed by atoms with Gasteiger partial charge in [-0.2, -0.15) is 5.10 Å². The van der Waals surface area contributed by atoms with E-state index in [0.717, 1.165) is 16.7 Å². The Balaban J connectivity index is 1.19. The average Bonchev–Trinajstić information content (AvgIpc) is 3.48. The number of anilines is 2. The number of carbonyl (C=O) groups is 1. The lowest BCUT2D eigenvalue weighted by atomic mass is 9.76. The molecule has 2 saturated carbocycles. The summed E-state index contributed by atoms with van der Waals surface area (Å²) in [7, 11) is 2.08. The topological polar surface area (TPSA) is 102 Å². The van der Waals surface area contributed by atoms with Crippen LogP contribution in [0, 0.1) is 5.41 Å². The zero-order valence-corrected chi connectivity index (χ0v) is 17.2. The van der Waals surface area contributed by atoms with Crippen molar-refractivity contribution in [3.05, 3.63) is 43.1 Å². The second kappa shape index (κ2) is 6.69. The van der Waals surface area contributed by atoms with Crippen LogP contribution in [0.4, 0.5) is 11.5 Å². The molecule has 2 aliphatic carbocycles. The average molecular weight is 414 g/mol. The predicted molar refractivity (Wildman–Crippen MR) is 117 cm³/mol. The van der Waals surface area contributed by atoms with E-state index in [1.807, 2.05) is 18.2 Å². The molecular formula is C22H22N8O.